The van der Waals surface area contributed by atoms with Gasteiger partial charge in [0.25, 0.3) is 0 Å². The topological polar surface area (TPSA) is 33.1 Å². The fourth-order valence-corrected chi connectivity index (χ4v) is 2.70. The second-order valence-corrected chi connectivity index (χ2v) is 5.39. The van der Waals surface area contributed by atoms with Crippen LogP contribution in [0.4, 0.5) is 0 Å². The molecule has 2 nitrogen and oxygen atoms in total. The molecular weight excluding hydrogens is 218 g/mol. The first-order valence-electron chi connectivity index (χ1n) is 5.23. The maximum Gasteiger partial charge on any atom is 0.132 e. The van der Waals surface area contributed by atoms with E-state index < -0.39 is 5.60 Å². The number of fused-ring (bicyclic) bond motifs is 1. The van der Waals surface area contributed by atoms with Crippen molar-refractivity contribution in [3.63, 3.8) is 0 Å². The number of thiazole rings is 1. The van der Waals surface area contributed by atoms with Crippen LogP contribution in [0.15, 0.2) is 35.9 Å². The maximum atomic E-state index is 10.3. The summed E-state index contributed by atoms with van der Waals surface area (Å²) in [6, 6.07) is 7.93. The number of aliphatic hydroxyl groups is 1. The third-order valence-corrected chi connectivity index (χ3v) is 3.56. The van der Waals surface area contributed by atoms with Gasteiger partial charge in [0.1, 0.15) is 10.6 Å². The molecular formula is C13H15NOS. The summed E-state index contributed by atoms with van der Waals surface area (Å²) in [5.41, 5.74) is 1.07. The molecule has 2 aromatic rings. The van der Waals surface area contributed by atoms with Gasteiger partial charge in [0, 0.05) is 0 Å². The van der Waals surface area contributed by atoms with Crippen LogP contribution in [-0.4, -0.2) is 10.1 Å². The fourth-order valence-electron chi connectivity index (χ4n) is 1.71. The van der Waals surface area contributed by atoms with Crippen molar-refractivity contribution in [3.05, 3.63) is 40.9 Å². The zero-order valence-electron chi connectivity index (χ0n) is 9.69. The van der Waals surface area contributed by atoms with Crippen LogP contribution in [0, 0.1) is 0 Å². The molecule has 0 unspecified atom stereocenters. The highest BCUT2D eigenvalue weighted by Crippen LogP contribution is 2.31. The SMILES string of the molecule is CC(C)=C[C@](C)(O)c1nc2ccccc2s1. The number of para-hydroxylation sites is 1. The van der Waals surface area contributed by atoms with E-state index in [1.165, 1.54) is 0 Å². The van der Waals surface area contributed by atoms with Gasteiger partial charge in [-0.1, -0.05) is 17.7 Å². The highest BCUT2D eigenvalue weighted by Gasteiger charge is 2.24. The average Bonchev–Trinajstić information content (AvgIpc) is 2.59. The third kappa shape index (κ3) is 2.15. The number of hydrogen-bond acceptors (Lipinski definition) is 3. The van der Waals surface area contributed by atoms with E-state index >= 15 is 0 Å². The van der Waals surface area contributed by atoms with E-state index in [1.807, 2.05) is 44.2 Å². The van der Waals surface area contributed by atoms with E-state index in [9.17, 15) is 5.11 Å². The summed E-state index contributed by atoms with van der Waals surface area (Å²) in [6.45, 7) is 5.72. The number of rotatable bonds is 2. The van der Waals surface area contributed by atoms with Crippen LogP contribution in [0.25, 0.3) is 10.2 Å². The highest BCUT2D eigenvalue weighted by atomic mass is 32.1. The van der Waals surface area contributed by atoms with E-state index in [-0.39, 0.29) is 0 Å². The molecule has 3 heteroatoms. The van der Waals surface area contributed by atoms with Crippen LogP contribution >= 0.6 is 11.3 Å². The van der Waals surface area contributed by atoms with Gasteiger partial charge in [0.15, 0.2) is 0 Å². The van der Waals surface area contributed by atoms with Gasteiger partial charge in [-0.05, 0) is 39.0 Å². The molecule has 1 heterocycles. The van der Waals surface area contributed by atoms with Crippen LogP contribution in [0.5, 0.6) is 0 Å². The predicted octanol–water partition coefficient (Wildman–Crippen LogP) is 3.47. The van der Waals surface area contributed by atoms with Gasteiger partial charge in [0.2, 0.25) is 0 Å². The number of nitrogens with zero attached hydrogens (tertiary/aromatic N) is 1. The number of hydrogen-bond donors (Lipinski definition) is 1. The van der Waals surface area contributed by atoms with E-state index in [4.69, 9.17) is 0 Å². The molecule has 1 N–H and O–H groups in total. The molecule has 0 bridgehead atoms. The first-order chi connectivity index (χ1) is 7.49. The monoisotopic (exact) mass is 233 g/mol. The van der Waals surface area contributed by atoms with Crippen molar-refractivity contribution < 1.29 is 5.11 Å². The second-order valence-electron chi connectivity index (χ2n) is 4.36. The molecule has 0 fully saturated rings. The summed E-state index contributed by atoms with van der Waals surface area (Å²) >= 11 is 1.54. The minimum absolute atomic E-state index is 0.745. The van der Waals surface area contributed by atoms with Crippen LogP contribution in [0.3, 0.4) is 0 Å². The lowest BCUT2D eigenvalue weighted by atomic mass is 10.1. The molecule has 1 aromatic heterocycles. The molecule has 16 heavy (non-hydrogen) atoms. The van der Waals surface area contributed by atoms with Crippen LogP contribution < -0.4 is 0 Å². The minimum Gasteiger partial charge on any atom is -0.379 e. The molecule has 1 atom stereocenters. The van der Waals surface area contributed by atoms with Gasteiger partial charge in [-0.25, -0.2) is 4.98 Å². The van der Waals surface area contributed by atoms with Crippen molar-refractivity contribution in [2.75, 3.05) is 0 Å². The Morgan fingerprint density at radius 3 is 2.69 bits per heavy atom. The first kappa shape index (κ1) is 11.3. The average molecular weight is 233 g/mol. The van der Waals surface area contributed by atoms with Crippen LogP contribution in [0.2, 0.25) is 0 Å². The smallest absolute Gasteiger partial charge is 0.132 e. The van der Waals surface area contributed by atoms with Crippen LogP contribution in [-0.2, 0) is 5.60 Å². The molecule has 0 aliphatic heterocycles. The Morgan fingerprint density at radius 2 is 2.06 bits per heavy atom. The maximum absolute atomic E-state index is 10.3. The van der Waals surface area contributed by atoms with Crippen molar-refractivity contribution in [1.82, 2.24) is 4.98 Å². The third-order valence-electron chi connectivity index (χ3n) is 2.30. The summed E-state index contributed by atoms with van der Waals surface area (Å²) in [7, 11) is 0. The molecule has 0 saturated carbocycles. The predicted molar refractivity (Wildman–Crippen MR) is 68.6 cm³/mol. The van der Waals surface area contributed by atoms with Gasteiger partial charge < -0.3 is 5.11 Å². The van der Waals surface area contributed by atoms with Crippen molar-refractivity contribution in [1.29, 1.82) is 0 Å². The zero-order chi connectivity index (χ0) is 11.8. The van der Waals surface area contributed by atoms with Gasteiger partial charge in [-0.3, -0.25) is 0 Å². The summed E-state index contributed by atoms with van der Waals surface area (Å²) < 4.78 is 1.11. The molecule has 2 rings (SSSR count). The Morgan fingerprint density at radius 1 is 1.38 bits per heavy atom. The molecule has 0 amide bonds. The first-order valence-corrected chi connectivity index (χ1v) is 6.05. The van der Waals surface area contributed by atoms with Gasteiger partial charge >= 0.3 is 0 Å². The highest BCUT2D eigenvalue weighted by molar-refractivity contribution is 7.18. The van der Waals surface area contributed by atoms with E-state index in [2.05, 4.69) is 4.98 Å². The van der Waals surface area contributed by atoms with E-state index in [0.717, 1.165) is 20.8 Å². The quantitative estimate of drug-likeness (QED) is 0.806. The Bertz CT molecular complexity index is 503. The molecule has 0 radical (unpaired) electrons. The summed E-state index contributed by atoms with van der Waals surface area (Å²) in [4.78, 5) is 4.46. The Labute approximate surface area is 99.3 Å². The molecule has 0 aliphatic carbocycles. The van der Waals surface area contributed by atoms with Gasteiger partial charge in [-0.15, -0.1) is 11.3 Å². The standard InChI is InChI=1S/C13H15NOS/c1-9(2)8-13(3,15)12-14-10-6-4-5-7-11(10)16-12/h4-8,15H,1-3H3/t13-/m0/s1. The molecule has 0 spiro atoms. The Hall–Kier alpha value is -1.19. The summed E-state index contributed by atoms with van der Waals surface area (Å²) in [5.74, 6) is 0. The zero-order valence-corrected chi connectivity index (χ0v) is 10.5. The summed E-state index contributed by atoms with van der Waals surface area (Å²) in [5, 5.41) is 11.1. The van der Waals surface area contributed by atoms with Crippen molar-refractivity contribution in [2.24, 2.45) is 0 Å². The van der Waals surface area contributed by atoms with E-state index in [0.29, 0.717) is 0 Å². The Kier molecular flexibility index (Phi) is 2.82. The lowest BCUT2D eigenvalue weighted by Crippen LogP contribution is -2.17. The summed E-state index contributed by atoms with van der Waals surface area (Å²) in [6.07, 6.45) is 1.84. The minimum atomic E-state index is -0.970. The molecule has 84 valence electrons. The molecule has 0 aliphatic rings. The van der Waals surface area contributed by atoms with Crippen LogP contribution in [0.1, 0.15) is 25.8 Å². The largest absolute Gasteiger partial charge is 0.379 e. The lowest BCUT2D eigenvalue weighted by Gasteiger charge is -2.16. The van der Waals surface area contributed by atoms with Gasteiger partial charge in [0.05, 0.1) is 10.2 Å². The normalized spacial score (nSPS) is 14.8. The Balaban J connectivity index is 2.51. The van der Waals surface area contributed by atoms with Gasteiger partial charge in [-0.2, -0.15) is 0 Å². The van der Waals surface area contributed by atoms with Crippen molar-refractivity contribution >= 4 is 21.6 Å². The molecule has 1 aromatic carbocycles. The number of benzene rings is 1. The lowest BCUT2D eigenvalue weighted by molar-refractivity contribution is 0.110. The number of aromatic nitrogens is 1. The number of allylic oxidation sites excluding steroid dienone is 1. The second kappa shape index (κ2) is 4.00. The molecule has 0 saturated heterocycles. The van der Waals surface area contributed by atoms with E-state index in [1.54, 1.807) is 18.3 Å². The fraction of sp³-hybridized carbons (Fsp3) is 0.308. The van der Waals surface area contributed by atoms with Crippen molar-refractivity contribution in [2.45, 2.75) is 26.4 Å². The van der Waals surface area contributed by atoms with Crippen molar-refractivity contribution in [3.8, 4) is 0 Å².